The fourth-order valence-electron chi connectivity index (χ4n) is 3.27. The molecule has 24 heavy (non-hydrogen) atoms. The zero-order valence-corrected chi connectivity index (χ0v) is 15.0. The number of piperazine rings is 1. The molecule has 1 saturated heterocycles. The van der Waals surface area contributed by atoms with Gasteiger partial charge in [0.25, 0.3) is 0 Å². The first-order valence-electron chi connectivity index (χ1n) is 8.05. The SMILES string of the molecule is C[C@H]1CN(c2ccccn2)CCN1c1ncnc2ccc(Br)cc12. The lowest BCUT2D eigenvalue weighted by atomic mass is 10.1. The number of hydrogen-bond donors (Lipinski definition) is 0. The van der Waals surface area contributed by atoms with Gasteiger partial charge in [-0.3, -0.25) is 0 Å². The van der Waals surface area contributed by atoms with Crippen molar-refractivity contribution in [2.24, 2.45) is 0 Å². The summed E-state index contributed by atoms with van der Waals surface area (Å²) < 4.78 is 1.05. The number of anilines is 2. The van der Waals surface area contributed by atoms with Gasteiger partial charge in [-0.1, -0.05) is 22.0 Å². The maximum atomic E-state index is 4.58. The average Bonchev–Trinajstić information content (AvgIpc) is 2.62. The van der Waals surface area contributed by atoms with E-state index in [9.17, 15) is 0 Å². The number of aromatic nitrogens is 3. The molecule has 0 saturated carbocycles. The maximum absolute atomic E-state index is 4.58. The Balaban J connectivity index is 1.64. The molecule has 6 heteroatoms. The zero-order valence-electron chi connectivity index (χ0n) is 13.4. The number of benzene rings is 1. The second-order valence-corrected chi connectivity index (χ2v) is 6.95. The van der Waals surface area contributed by atoms with Crippen molar-refractivity contribution in [2.45, 2.75) is 13.0 Å². The second kappa shape index (κ2) is 6.36. The fraction of sp³-hybridized carbons (Fsp3) is 0.278. The standard InChI is InChI=1S/C18H18BrN5/c1-13-11-23(17-4-2-3-7-20-17)8-9-24(13)18-15-10-14(19)5-6-16(15)21-12-22-18/h2-7,10,12-13H,8-9,11H2,1H3/t13-/m0/s1. The van der Waals surface area contributed by atoms with Crippen LogP contribution in [0.2, 0.25) is 0 Å². The molecule has 1 aliphatic rings. The van der Waals surface area contributed by atoms with Crippen LogP contribution in [0.1, 0.15) is 6.92 Å². The molecule has 3 heterocycles. The Morgan fingerprint density at radius 3 is 2.79 bits per heavy atom. The van der Waals surface area contributed by atoms with Crippen molar-refractivity contribution in [3.05, 3.63) is 53.4 Å². The van der Waals surface area contributed by atoms with Crippen LogP contribution in [-0.2, 0) is 0 Å². The van der Waals surface area contributed by atoms with E-state index in [0.29, 0.717) is 6.04 Å². The Labute approximate surface area is 149 Å². The minimum Gasteiger partial charge on any atom is -0.353 e. The molecule has 0 radical (unpaired) electrons. The number of halogens is 1. The van der Waals surface area contributed by atoms with Gasteiger partial charge in [0.15, 0.2) is 0 Å². The van der Waals surface area contributed by atoms with Gasteiger partial charge >= 0.3 is 0 Å². The summed E-state index contributed by atoms with van der Waals surface area (Å²) >= 11 is 3.56. The molecule has 2 aromatic heterocycles. The summed E-state index contributed by atoms with van der Waals surface area (Å²) in [6.07, 6.45) is 3.51. The molecular formula is C18H18BrN5. The number of pyridine rings is 1. The number of nitrogens with zero attached hydrogens (tertiary/aromatic N) is 5. The molecule has 1 aromatic carbocycles. The molecule has 1 fully saturated rings. The van der Waals surface area contributed by atoms with Gasteiger partial charge in [0, 0.05) is 41.7 Å². The molecule has 0 bridgehead atoms. The molecule has 4 rings (SSSR count). The highest BCUT2D eigenvalue weighted by Gasteiger charge is 2.26. The van der Waals surface area contributed by atoms with Crippen molar-refractivity contribution in [3.8, 4) is 0 Å². The topological polar surface area (TPSA) is 45.2 Å². The van der Waals surface area contributed by atoms with E-state index in [4.69, 9.17) is 0 Å². The lowest BCUT2D eigenvalue weighted by Gasteiger charge is -2.41. The van der Waals surface area contributed by atoms with Crippen molar-refractivity contribution >= 4 is 38.5 Å². The highest BCUT2D eigenvalue weighted by Crippen LogP contribution is 2.29. The molecule has 0 N–H and O–H groups in total. The summed E-state index contributed by atoms with van der Waals surface area (Å²) in [5, 5.41) is 1.09. The summed E-state index contributed by atoms with van der Waals surface area (Å²) in [6.45, 7) is 5.01. The highest BCUT2D eigenvalue weighted by atomic mass is 79.9. The van der Waals surface area contributed by atoms with Crippen molar-refractivity contribution in [2.75, 3.05) is 29.4 Å². The van der Waals surface area contributed by atoms with Crippen LogP contribution in [0, 0.1) is 0 Å². The van der Waals surface area contributed by atoms with Gasteiger partial charge in [-0.2, -0.15) is 0 Å². The predicted molar refractivity (Wildman–Crippen MR) is 100 cm³/mol. The van der Waals surface area contributed by atoms with E-state index >= 15 is 0 Å². The Bertz CT molecular complexity index is 854. The summed E-state index contributed by atoms with van der Waals surface area (Å²) in [7, 11) is 0. The molecule has 3 aromatic rings. The van der Waals surface area contributed by atoms with Crippen LogP contribution in [0.5, 0.6) is 0 Å². The molecule has 1 aliphatic heterocycles. The summed E-state index contributed by atoms with van der Waals surface area (Å²) in [6, 6.07) is 12.5. The summed E-state index contributed by atoms with van der Waals surface area (Å²) in [5.41, 5.74) is 0.975. The third-order valence-electron chi connectivity index (χ3n) is 4.45. The van der Waals surface area contributed by atoms with E-state index in [1.807, 2.05) is 30.5 Å². The quantitative estimate of drug-likeness (QED) is 0.677. The number of rotatable bonds is 2. The average molecular weight is 384 g/mol. The first kappa shape index (κ1) is 15.3. The molecular weight excluding hydrogens is 366 g/mol. The Morgan fingerprint density at radius 2 is 2.00 bits per heavy atom. The molecule has 0 amide bonds. The van der Waals surface area contributed by atoms with Gasteiger partial charge in [-0.05, 0) is 37.3 Å². The minimum atomic E-state index is 0.345. The largest absolute Gasteiger partial charge is 0.353 e. The maximum Gasteiger partial charge on any atom is 0.140 e. The lowest BCUT2D eigenvalue weighted by molar-refractivity contribution is 0.544. The molecule has 5 nitrogen and oxygen atoms in total. The van der Waals surface area contributed by atoms with Gasteiger partial charge in [0.05, 0.1) is 5.52 Å². The molecule has 122 valence electrons. The first-order valence-corrected chi connectivity index (χ1v) is 8.84. The molecule has 0 unspecified atom stereocenters. The van der Waals surface area contributed by atoms with Gasteiger partial charge in [0.2, 0.25) is 0 Å². The number of hydrogen-bond acceptors (Lipinski definition) is 5. The van der Waals surface area contributed by atoms with E-state index in [0.717, 1.165) is 46.6 Å². The van der Waals surface area contributed by atoms with Crippen LogP contribution in [0.3, 0.4) is 0 Å². The van der Waals surface area contributed by atoms with Crippen LogP contribution in [0.4, 0.5) is 11.6 Å². The summed E-state index contributed by atoms with van der Waals surface area (Å²) in [4.78, 5) is 18.1. The highest BCUT2D eigenvalue weighted by molar-refractivity contribution is 9.10. The third-order valence-corrected chi connectivity index (χ3v) is 4.94. The lowest BCUT2D eigenvalue weighted by Crippen LogP contribution is -2.52. The monoisotopic (exact) mass is 383 g/mol. The van der Waals surface area contributed by atoms with Gasteiger partial charge in [-0.15, -0.1) is 0 Å². The zero-order chi connectivity index (χ0) is 16.5. The van der Waals surface area contributed by atoms with Crippen LogP contribution in [0.15, 0.2) is 53.4 Å². The van der Waals surface area contributed by atoms with Crippen LogP contribution in [0.25, 0.3) is 10.9 Å². The number of fused-ring (bicyclic) bond motifs is 1. The van der Waals surface area contributed by atoms with Gasteiger partial charge in [0.1, 0.15) is 18.0 Å². The van der Waals surface area contributed by atoms with E-state index in [2.05, 4.69) is 59.7 Å². The second-order valence-electron chi connectivity index (χ2n) is 6.04. The van der Waals surface area contributed by atoms with Crippen molar-refractivity contribution < 1.29 is 0 Å². The van der Waals surface area contributed by atoms with Gasteiger partial charge < -0.3 is 9.80 Å². The van der Waals surface area contributed by atoms with Crippen LogP contribution < -0.4 is 9.80 Å². The van der Waals surface area contributed by atoms with Gasteiger partial charge in [-0.25, -0.2) is 15.0 Å². The van der Waals surface area contributed by atoms with E-state index in [-0.39, 0.29) is 0 Å². The van der Waals surface area contributed by atoms with Crippen molar-refractivity contribution in [3.63, 3.8) is 0 Å². The van der Waals surface area contributed by atoms with Crippen molar-refractivity contribution in [1.82, 2.24) is 15.0 Å². The van der Waals surface area contributed by atoms with E-state index < -0.39 is 0 Å². The molecule has 0 aliphatic carbocycles. The van der Waals surface area contributed by atoms with E-state index in [1.54, 1.807) is 6.33 Å². The Hall–Kier alpha value is -2.21. The van der Waals surface area contributed by atoms with Crippen LogP contribution >= 0.6 is 15.9 Å². The van der Waals surface area contributed by atoms with Crippen LogP contribution in [-0.4, -0.2) is 40.6 Å². The Morgan fingerprint density at radius 1 is 1.08 bits per heavy atom. The fourth-order valence-corrected chi connectivity index (χ4v) is 3.63. The minimum absolute atomic E-state index is 0.345. The third kappa shape index (κ3) is 2.82. The normalized spacial score (nSPS) is 18.2. The Kier molecular flexibility index (Phi) is 4.06. The van der Waals surface area contributed by atoms with Crippen molar-refractivity contribution in [1.29, 1.82) is 0 Å². The predicted octanol–water partition coefficient (Wildman–Crippen LogP) is 3.50. The first-order chi connectivity index (χ1) is 11.7. The summed E-state index contributed by atoms with van der Waals surface area (Å²) in [5.74, 6) is 2.05. The smallest absolute Gasteiger partial charge is 0.140 e. The molecule has 1 atom stereocenters. The van der Waals surface area contributed by atoms with E-state index in [1.165, 1.54) is 0 Å². The molecule has 0 spiro atoms.